The van der Waals surface area contributed by atoms with E-state index in [1.807, 2.05) is 0 Å². The van der Waals surface area contributed by atoms with Crippen LogP contribution in [0.3, 0.4) is 0 Å². The zero-order chi connectivity index (χ0) is 19.2. The van der Waals surface area contributed by atoms with Crippen molar-refractivity contribution in [3.8, 4) is 0 Å². The molecule has 1 aromatic carbocycles. The van der Waals surface area contributed by atoms with Gasteiger partial charge in [0.1, 0.15) is 0 Å². The molecule has 0 unspecified atom stereocenters. The van der Waals surface area contributed by atoms with Gasteiger partial charge in [-0.15, -0.1) is 0 Å². The Kier molecular flexibility index (Phi) is 4.48. The fourth-order valence-electron chi connectivity index (χ4n) is 3.90. The van der Waals surface area contributed by atoms with Crippen molar-refractivity contribution in [1.29, 1.82) is 0 Å². The monoisotopic (exact) mass is 394 g/mol. The summed E-state index contributed by atoms with van der Waals surface area (Å²) < 4.78 is 32.5. The van der Waals surface area contributed by atoms with Gasteiger partial charge in [-0.05, 0) is 43.5 Å². The van der Waals surface area contributed by atoms with Crippen LogP contribution in [0.2, 0.25) is 0 Å². The van der Waals surface area contributed by atoms with E-state index in [2.05, 4.69) is 4.72 Å². The predicted octanol–water partition coefficient (Wildman–Crippen LogP) is 0.691. The van der Waals surface area contributed by atoms with E-state index >= 15 is 0 Å². The van der Waals surface area contributed by atoms with E-state index in [1.165, 1.54) is 24.3 Å². The van der Waals surface area contributed by atoms with Gasteiger partial charge in [0.15, 0.2) is 0 Å². The number of sulfonamides is 1. The Morgan fingerprint density at radius 1 is 1.22 bits per heavy atom. The first-order chi connectivity index (χ1) is 12.8. The quantitative estimate of drug-likeness (QED) is 0.760. The van der Waals surface area contributed by atoms with Crippen LogP contribution < -0.4 is 4.72 Å². The number of carbonyl (C=O) groups is 2. The SMILES string of the molecule is O=C(c1ccc(S(=O)(=O)NC2CC2)cc1)N1C[C@H]2COCC[C@@]2(C(=O)O)C1. The minimum atomic E-state index is -3.57. The molecule has 0 bridgehead atoms. The number of hydrogen-bond acceptors (Lipinski definition) is 5. The van der Waals surface area contributed by atoms with Crippen LogP contribution in [0.5, 0.6) is 0 Å². The third kappa shape index (κ3) is 3.35. The van der Waals surface area contributed by atoms with Gasteiger partial charge in [0.05, 0.1) is 16.9 Å². The first kappa shape index (κ1) is 18.4. The fourth-order valence-corrected chi connectivity index (χ4v) is 5.21. The highest BCUT2D eigenvalue weighted by atomic mass is 32.2. The molecule has 3 aliphatic rings. The number of carbonyl (C=O) groups excluding carboxylic acids is 1. The van der Waals surface area contributed by atoms with Gasteiger partial charge in [0.25, 0.3) is 5.91 Å². The number of amides is 1. The highest BCUT2D eigenvalue weighted by Gasteiger charge is 2.54. The molecule has 2 N–H and O–H groups in total. The average molecular weight is 394 g/mol. The Morgan fingerprint density at radius 3 is 2.52 bits per heavy atom. The summed E-state index contributed by atoms with van der Waals surface area (Å²) >= 11 is 0. The van der Waals surface area contributed by atoms with Crippen LogP contribution in [0, 0.1) is 11.3 Å². The highest BCUT2D eigenvalue weighted by molar-refractivity contribution is 7.89. The van der Waals surface area contributed by atoms with Gasteiger partial charge in [0.2, 0.25) is 10.0 Å². The molecular weight excluding hydrogens is 372 g/mol. The lowest BCUT2D eigenvalue weighted by molar-refractivity contribution is -0.157. The van der Waals surface area contributed by atoms with Crippen molar-refractivity contribution >= 4 is 21.9 Å². The molecule has 1 saturated carbocycles. The summed E-state index contributed by atoms with van der Waals surface area (Å²) in [4.78, 5) is 26.3. The van der Waals surface area contributed by atoms with Crippen LogP contribution >= 0.6 is 0 Å². The highest BCUT2D eigenvalue weighted by Crippen LogP contribution is 2.42. The molecule has 3 fully saturated rings. The Hall–Kier alpha value is -1.97. The van der Waals surface area contributed by atoms with Gasteiger partial charge < -0.3 is 14.7 Å². The standard InChI is InChI=1S/C18H22N2O6S/c21-16(20-9-13-10-26-8-7-18(13,11-20)17(22)23)12-1-5-15(6-2-12)27(24,25)19-14-3-4-14/h1-2,5-6,13-14,19H,3-4,7-11H2,(H,22,23)/t13-,18+/m0/s1. The molecule has 146 valence electrons. The number of benzene rings is 1. The van der Waals surface area contributed by atoms with E-state index in [1.54, 1.807) is 4.90 Å². The minimum absolute atomic E-state index is 0.0127. The maximum Gasteiger partial charge on any atom is 0.311 e. The summed E-state index contributed by atoms with van der Waals surface area (Å²) in [5.41, 5.74) is -0.605. The molecule has 1 aromatic rings. The second kappa shape index (κ2) is 6.57. The largest absolute Gasteiger partial charge is 0.481 e. The van der Waals surface area contributed by atoms with Crippen molar-refractivity contribution < 1.29 is 27.9 Å². The van der Waals surface area contributed by atoms with Gasteiger partial charge in [0, 0.05) is 37.2 Å². The molecule has 2 saturated heterocycles. The van der Waals surface area contributed by atoms with Crippen molar-refractivity contribution in [1.82, 2.24) is 9.62 Å². The molecule has 2 atom stereocenters. The zero-order valence-corrected chi connectivity index (χ0v) is 15.6. The molecule has 8 nitrogen and oxygen atoms in total. The number of rotatable bonds is 5. The number of aliphatic carboxylic acids is 1. The molecule has 1 amide bonds. The lowest BCUT2D eigenvalue weighted by Gasteiger charge is -2.33. The van der Waals surface area contributed by atoms with Crippen LogP contribution in [0.25, 0.3) is 0 Å². The van der Waals surface area contributed by atoms with Gasteiger partial charge in [-0.25, -0.2) is 13.1 Å². The third-order valence-corrected chi connectivity index (χ3v) is 7.27. The number of ether oxygens (including phenoxy) is 1. The summed E-state index contributed by atoms with van der Waals surface area (Å²) in [7, 11) is -3.57. The van der Waals surface area contributed by atoms with E-state index in [9.17, 15) is 23.1 Å². The van der Waals surface area contributed by atoms with Crippen LogP contribution in [0.15, 0.2) is 29.2 Å². The lowest BCUT2D eigenvalue weighted by atomic mass is 9.74. The van der Waals surface area contributed by atoms with Crippen molar-refractivity contribution in [2.45, 2.75) is 30.2 Å². The molecule has 2 aliphatic heterocycles. The summed E-state index contributed by atoms with van der Waals surface area (Å²) in [6, 6.07) is 5.80. The average Bonchev–Trinajstić information content (AvgIpc) is 3.35. The molecule has 27 heavy (non-hydrogen) atoms. The molecule has 0 spiro atoms. The summed E-state index contributed by atoms with van der Waals surface area (Å²) in [6.45, 7) is 1.19. The summed E-state index contributed by atoms with van der Waals surface area (Å²) in [6.07, 6.45) is 2.09. The van der Waals surface area contributed by atoms with Crippen molar-refractivity contribution in [3.63, 3.8) is 0 Å². The third-order valence-electron chi connectivity index (χ3n) is 5.73. The Labute approximate surface area is 157 Å². The minimum Gasteiger partial charge on any atom is -0.481 e. The maximum absolute atomic E-state index is 12.8. The van der Waals surface area contributed by atoms with Gasteiger partial charge in [-0.2, -0.15) is 0 Å². The van der Waals surface area contributed by atoms with Gasteiger partial charge in [-0.1, -0.05) is 0 Å². The number of nitrogens with one attached hydrogen (secondary N) is 1. The lowest BCUT2D eigenvalue weighted by Crippen LogP contribution is -2.45. The summed E-state index contributed by atoms with van der Waals surface area (Å²) in [5, 5.41) is 9.71. The van der Waals surface area contributed by atoms with Gasteiger partial charge >= 0.3 is 5.97 Å². The second-order valence-corrected chi connectivity index (χ2v) is 9.30. The van der Waals surface area contributed by atoms with E-state index in [0.29, 0.717) is 31.7 Å². The van der Waals surface area contributed by atoms with Crippen LogP contribution in [-0.2, 0) is 19.6 Å². The zero-order valence-electron chi connectivity index (χ0n) is 14.8. The smallest absolute Gasteiger partial charge is 0.311 e. The Bertz CT molecular complexity index is 864. The van der Waals surface area contributed by atoms with Crippen molar-refractivity contribution in [3.05, 3.63) is 29.8 Å². The Morgan fingerprint density at radius 2 is 1.93 bits per heavy atom. The molecule has 2 heterocycles. The van der Waals surface area contributed by atoms with Crippen LogP contribution in [0.1, 0.15) is 29.6 Å². The molecule has 0 radical (unpaired) electrons. The molecule has 9 heteroatoms. The fraction of sp³-hybridized carbons (Fsp3) is 0.556. The van der Waals surface area contributed by atoms with Crippen molar-refractivity contribution in [2.75, 3.05) is 26.3 Å². The van der Waals surface area contributed by atoms with Crippen LogP contribution in [-0.4, -0.2) is 62.6 Å². The maximum atomic E-state index is 12.8. The molecule has 0 aromatic heterocycles. The van der Waals surface area contributed by atoms with Gasteiger partial charge in [-0.3, -0.25) is 9.59 Å². The first-order valence-corrected chi connectivity index (χ1v) is 10.5. The number of likely N-dealkylation sites (tertiary alicyclic amines) is 1. The summed E-state index contributed by atoms with van der Waals surface area (Å²) in [5.74, 6) is -1.40. The first-order valence-electron chi connectivity index (χ1n) is 9.05. The van der Waals surface area contributed by atoms with E-state index in [0.717, 1.165) is 12.8 Å². The van der Waals surface area contributed by atoms with E-state index in [4.69, 9.17) is 4.74 Å². The van der Waals surface area contributed by atoms with E-state index in [-0.39, 0.29) is 29.3 Å². The molecule has 4 rings (SSSR count). The number of carboxylic acids is 1. The second-order valence-electron chi connectivity index (χ2n) is 7.59. The number of nitrogens with zero attached hydrogens (tertiary/aromatic N) is 1. The van der Waals surface area contributed by atoms with Crippen LogP contribution in [0.4, 0.5) is 0 Å². The topological polar surface area (TPSA) is 113 Å². The van der Waals surface area contributed by atoms with Crippen molar-refractivity contribution in [2.24, 2.45) is 11.3 Å². The predicted molar refractivity (Wildman–Crippen MR) is 94.7 cm³/mol. The Balaban J connectivity index is 1.51. The normalized spacial score (nSPS) is 28.0. The molecule has 1 aliphatic carbocycles. The number of carboxylic acid groups (broad SMARTS) is 1. The van der Waals surface area contributed by atoms with E-state index < -0.39 is 21.4 Å². The number of fused-ring (bicyclic) bond motifs is 1. The molecular formula is C18H22N2O6S. The number of hydrogen-bond donors (Lipinski definition) is 2.